The van der Waals surface area contributed by atoms with E-state index in [1.54, 1.807) is 11.0 Å². The molecule has 28 heavy (non-hydrogen) atoms. The highest BCUT2D eigenvalue weighted by molar-refractivity contribution is 5.44. The third kappa shape index (κ3) is 3.78. The van der Waals surface area contributed by atoms with Crippen LogP contribution in [-0.4, -0.2) is 20.4 Å². The minimum Gasteiger partial charge on any atom is -0.348 e. The monoisotopic (exact) mass is 368 g/mol. The summed E-state index contributed by atoms with van der Waals surface area (Å²) in [7, 11) is 0. The van der Waals surface area contributed by atoms with Gasteiger partial charge in [-0.25, -0.2) is 9.67 Å². The second kappa shape index (κ2) is 8.03. The zero-order valence-corrected chi connectivity index (χ0v) is 15.3. The van der Waals surface area contributed by atoms with Gasteiger partial charge in [-0.2, -0.15) is 10.4 Å². The summed E-state index contributed by atoms with van der Waals surface area (Å²) < 4.78 is 7.89. The van der Waals surface area contributed by atoms with E-state index in [4.69, 9.17) is 4.74 Å². The summed E-state index contributed by atoms with van der Waals surface area (Å²) in [4.78, 5) is 4.01. The number of allylic oxidation sites excluding steroid dienone is 2. The molecule has 1 aliphatic rings. The molecule has 1 aromatic heterocycles. The average molecular weight is 368 g/mol. The van der Waals surface area contributed by atoms with Crippen molar-refractivity contribution < 1.29 is 4.74 Å². The SMILES string of the molecule is N#CC1(OCc2ccccc2)C=CC(c2ccccc2)C=C1Cn1cncn1. The second-order valence-corrected chi connectivity index (χ2v) is 6.70. The second-order valence-electron chi connectivity index (χ2n) is 6.70. The number of nitrogens with zero attached hydrogens (tertiary/aromatic N) is 4. The fraction of sp³-hybridized carbons (Fsp3) is 0.174. The Balaban J connectivity index is 1.65. The predicted molar refractivity (Wildman–Crippen MR) is 106 cm³/mol. The molecule has 2 aromatic carbocycles. The Kier molecular flexibility index (Phi) is 5.14. The quantitative estimate of drug-likeness (QED) is 0.616. The summed E-state index contributed by atoms with van der Waals surface area (Å²) in [5.41, 5.74) is 1.92. The molecular formula is C23H20N4O. The molecule has 0 amide bonds. The van der Waals surface area contributed by atoms with Crippen molar-refractivity contribution in [2.45, 2.75) is 24.7 Å². The summed E-state index contributed by atoms with van der Waals surface area (Å²) in [6.07, 6.45) is 9.16. The fourth-order valence-corrected chi connectivity index (χ4v) is 3.34. The summed E-state index contributed by atoms with van der Waals surface area (Å²) in [5, 5.41) is 14.3. The van der Waals surface area contributed by atoms with Crippen molar-refractivity contribution in [2.24, 2.45) is 0 Å². The van der Waals surface area contributed by atoms with Crippen molar-refractivity contribution in [3.8, 4) is 6.07 Å². The van der Waals surface area contributed by atoms with E-state index in [-0.39, 0.29) is 5.92 Å². The van der Waals surface area contributed by atoms with Gasteiger partial charge in [0.2, 0.25) is 0 Å². The molecule has 0 aliphatic heterocycles. The van der Waals surface area contributed by atoms with Gasteiger partial charge in [-0.05, 0) is 22.8 Å². The van der Waals surface area contributed by atoms with Crippen LogP contribution < -0.4 is 0 Å². The smallest absolute Gasteiger partial charge is 0.196 e. The molecule has 0 saturated heterocycles. The van der Waals surface area contributed by atoms with Crippen LogP contribution in [0, 0.1) is 11.3 Å². The van der Waals surface area contributed by atoms with Crippen molar-refractivity contribution in [1.29, 1.82) is 5.26 Å². The first-order valence-corrected chi connectivity index (χ1v) is 9.16. The molecule has 0 saturated carbocycles. The van der Waals surface area contributed by atoms with E-state index in [1.807, 2.05) is 60.7 Å². The fourth-order valence-electron chi connectivity index (χ4n) is 3.34. The maximum Gasteiger partial charge on any atom is 0.196 e. The predicted octanol–water partition coefficient (Wildman–Crippen LogP) is 4.04. The standard InChI is InChI=1S/C23H20N4O/c24-16-23(28-15-19-7-3-1-4-8-19)12-11-21(20-9-5-2-6-10-20)13-22(23)14-27-18-25-17-26-27/h1-13,17-18,21H,14-15H2. The maximum absolute atomic E-state index is 10.1. The van der Waals surface area contributed by atoms with Crippen LogP contribution in [0.1, 0.15) is 17.0 Å². The zero-order chi connectivity index (χ0) is 19.2. The third-order valence-electron chi connectivity index (χ3n) is 4.85. The van der Waals surface area contributed by atoms with Gasteiger partial charge in [0.15, 0.2) is 5.60 Å². The van der Waals surface area contributed by atoms with Gasteiger partial charge in [-0.1, -0.05) is 72.8 Å². The molecule has 0 spiro atoms. The van der Waals surface area contributed by atoms with Gasteiger partial charge >= 0.3 is 0 Å². The summed E-state index contributed by atoms with van der Waals surface area (Å²) in [6, 6.07) is 22.5. The van der Waals surface area contributed by atoms with Crippen LogP contribution in [-0.2, 0) is 17.9 Å². The van der Waals surface area contributed by atoms with Gasteiger partial charge < -0.3 is 4.74 Å². The maximum atomic E-state index is 10.1. The van der Waals surface area contributed by atoms with E-state index in [0.29, 0.717) is 13.2 Å². The Morgan fingerprint density at radius 1 is 1.07 bits per heavy atom. The summed E-state index contributed by atoms with van der Waals surface area (Å²) >= 11 is 0. The number of hydrogen-bond donors (Lipinski definition) is 0. The number of benzene rings is 2. The molecule has 3 aromatic rings. The van der Waals surface area contributed by atoms with E-state index in [0.717, 1.165) is 11.1 Å². The lowest BCUT2D eigenvalue weighted by Crippen LogP contribution is -2.35. The number of nitriles is 1. The normalized spacial score (nSPS) is 21.1. The molecule has 2 unspecified atom stereocenters. The lowest BCUT2D eigenvalue weighted by molar-refractivity contribution is 0.0410. The lowest BCUT2D eigenvalue weighted by atomic mass is 9.82. The molecule has 4 rings (SSSR count). The average Bonchev–Trinajstić information content (AvgIpc) is 3.27. The van der Waals surface area contributed by atoms with Crippen LogP contribution in [0.4, 0.5) is 0 Å². The number of hydrogen-bond acceptors (Lipinski definition) is 4. The number of rotatable bonds is 6. The zero-order valence-electron chi connectivity index (χ0n) is 15.3. The Morgan fingerprint density at radius 3 is 2.50 bits per heavy atom. The highest BCUT2D eigenvalue weighted by Crippen LogP contribution is 2.35. The highest BCUT2D eigenvalue weighted by Gasteiger charge is 2.36. The topological polar surface area (TPSA) is 63.7 Å². The molecule has 0 radical (unpaired) electrons. The van der Waals surface area contributed by atoms with Crippen molar-refractivity contribution in [1.82, 2.24) is 14.8 Å². The van der Waals surface area contributed by atoms with E-state index >= 15 is 0 Å². The van der Waals surface area contributed by atoms with E-state index in [9.17, 15) is 5.26 Å². The highest BCUT2D eigenvalue weighted by atomic mass is 16.5. The minimum atomic E-state index is -1.13. The van der Waals surface area contributed by atoms with E-state index in [2.05, 4.69) is 34.4 Å². The Hall–Kier alpha value is -3.49. The molecule has 5 heteroatoms. The van der Waals surface area contributed by atoms with Gasteiger partial charge in [0.25, 0.3) is 0 Å². The first-order chi connectivity index (χ1) is 13.8. The van der Waals surface area contributed by atoms with Crippen LogP contribution in [0.2, 0.25) is 0 Å². The first-order valence-electron chi connectivity index (χ1n) is 9.16. The van der Waals surface area contributed by atoms with E-state index in [1.165, 1.54) is 11.9 Å². The molecule has 0 fully saturated rings. The molecule has 0 N–H and O–H groups in total. The molecule has 1 aliphatic carbocycles. The summed E-state index contributed by atoms with van der Waals surface area (Å²) in [6.45, 7) is 0.791. The Bertz CT molecular complexity index is 1000. The van der Waals surface area contributed by atoms with Crippen LogP contribution in [0.15, 0.2) is 97.1 Å². The lowest BCUT2D eigenvalue weighted by Gasteiger charge is -2.31. The van der Waals surface area contributed by atoms with Crippen LogP contribution in [0.25, 0.3) is 0 Å². The van der Waals surface area contributed by atoms with Gasteiger partial charge in [0, 0.05) is 5.92 Å². The van der Waals surface area contributed by atoms with Gasteiger partial charge in [0.1, 0.15) is 18.7 Å². The number of aromatic nitrogens is 3. The molecule has 5 nitrogen and oxygen atoms in total. The van der Waals surface area contributed by atoms with Gasteiger partial charge in [-0.15, -0.1) is 0 Å². The first kappa shape index (κ1) is 17.9. The summed E-state index contributed by atoms with van der Waals surface area (Å²) in [5.74, 6) is 0.0847. The Morgan fingerprint density at radius 2 is 1.82 bits per heavy atom. The number of ether oxygens (including phenoxy) is 1. The largest absolute Gasteiger partial charge is 0.348 e. The molecule has 138 valence electrons. The van der Waals surface area contributed by atoms with Crippen molar-refractivity contribution >= 4 is 0 Å². The Labute approximate surface area is 164 Å². The molecule has 0 bridgehead atoms. The van der Waals surface area contributed by atoms with E-state index < -0.39 is 5.60 Å². The van der Waals surface area contributed by atoms with Crippen molar-refractivity contribution in [3.63, 3.8) is 0 Å². The van der Waals surface area contributed by atoms with Crippen molar-refractivity contribution in [3.05, 3.63) is 108 Å². The van der Waals surface area contributed by atoms with Gasteiger partial charge in [-0.3, -0.25) is 0 Å². The van der Waals surface area contributed by atoms with Crippen LogP contribution >= 0.6 is 0 Å². The van der Waals surface area contributed by atoms with Crippen LogP contribution in [0.3, 0.4) is 0 Å². The van der Waals surface area contributed by atoms with Crippen LogP contribution in [0.5, 0.6) is 0 Å². The molecule has 2 atom stereocenters. The van der Waals surface area contributed by atoms with Crippen molar-refractivity contribution in [2.75, 3.05) is 0 Å². The molecule has 1 heterocycles. The minimum absolute atomic E-state index is 0.0847. The third-order valence-corrected chi connectivity index (χ3v) is 4.85. The molecular weight excluding hydrogens is 348 g/mol. The van der Waals surface area contributed by atoms with Gasteiger partial charge in [0.05, 0.1) is 13.2 Å².